The molecule has 1 heterocycles. The Morgan fingerprint density at radius 2 is 2.00 bits per heavy atom. The predicted molar refractivity (Wildman–Crippen MR) is 73.6 cm³/mol. The van der Waals surface area contributed by atoms with Crippen LogP contribution in [0.25, 0.3) is 11.3 Å². The number of nitrogens with zero attached hydrogens (tertiary/aromatic N) is 1. The molecule has 0 aliphatic rings. The molecule has 1 aromatic carbocycles. The van der Waals surface area contributed by atoms with E-state index in [1.165, 1.54) is 0 Å². The lowest BCUT2D eigenvalue weighted by Gasteiger charge is -2.06. The minimum Gasteiger partial charge on any atom is -0.396 e. The molecule has 1 atom stereocenters. The molecule has 1 unspecified atom stereocenters. The van der Waals surface area contributed by atoms with E-state index in [9.17, 15) is 5.11 Å². The first-order chi connectivity index (χ1) is 8.79. The predicted octanol–water partition coefficient (Wildman–Crippen LogP) is 2.49. The molecule has 0 radical (unpaired) electrons. The minimum absolute atomic E-state index is 0.129. The molecule has 0 amide bonds. The molecule has 0 saturated heterocycles. The van der Waals surface area contributed by atoms with E-state index in [2.05, 4.69) is 4.98 Å². The quantitative estimate of drug-likeness (QED) is 0.842. The fraction of sp³-hybridized carbons (Fsp3) is 0.357. The fourth-order valence-corrected chi connectivity index (χ4v) is 2.65. The molecule has 2 aromatic rings. The summed E-state index contributed by atoms with van der Waals surface area (Å²) < 4.78 is 0. The highest BCUT2D eigenvalue weighted by Crippen LogP contribution is 2.22. The smallest absolute Gasteiger partial charge is 0.0958 e. The molecule has 0 saturated carbocycles. The third-order valence-electron chi connectivity index (χ3n) is 2.73. The van der Waals surface area contributed by atoms with Gasteiger partial charge in [0.2, 0.25) is 0 Å². The van der Waals surface area contributed by atoms with Crippen LogP contribution in [-0.2, 0) is 6.42 Å². The second-order valence-corrected chi connectivity index (χ2v) is 5.16. The van der Waals surface area contributed by atoms with Crippen LogP contribution in [0.15, 0.2) is 35.7 Å². The largest absolute Gasteiger partial charge is 0.396 e. The van der Waals surface area contributed by atoms with Crippen LogP contribution in [0, 0.1) is 0 Å². The summed E-state index contributed by atoms with van der Waals surface area (Å²) in [6.45, 7) is 0.129. The summed E-state index contributed by atoms with van der Waals surface area (Å²) in [6, 6.07) is 10.0. The molecule has 1 aromatic heterocycles. The van der Waals surface area contributed by atoms with Crippen LogP contribution in [0.3, 0.4) is 0 Å². The second kappa shape index (κ2) is 6.64. The standard InChI is InChI=1S/C14H17NO2S/c16-8-4-7-12(17)9-14-15-13(10-18-14)11-5-2-1-3-6-11/h1-3,5-6,10,12,16-17H,4,7-9H2. The van der Waals surface area contributed by atoms with Crippen LogP contribution in [0.4, 0.5) is 0 Å². The molecule has 2 N–H and O–H groups in total. The van der Waals surface area contributed by atoms with Gasteiger partial charge in [-0.05, 0) is 12.8 Å². The van der Waals surface area contributed by atoms with E-state index >= 15 is 0 Å². The van der Waals surface area contributed by atoms with Crippen LogP contribution in [0.5, 0.6) is 0 Å². The van der Waals surface area contributed by atoms with E-state index in [4.69, 9.17) is 5.11 Å². The summed E-state index contributed by atoms with van der Waals surface area (Å²) in [5, 5.41) is 21.4. The van der Waals surface area contributed by atoms with E-state index in [0.29, 0.717) is 19.3 Å². The van der Waals surface area contributed by atoms with E-state index < -0.39 is 6.10 Å². The van der Waals surface area contributed by atoms with E-state index in [-0.39, 0.29) is 6.61 Å². The Labute approximate surface area is 111 Å². The number of aliphatic hydroxyl groups is 2. The lowest BCUT2D eigenvalue weighted by molar-refractivity contribution is 0.150. The Bertz CT molecular complexity index is 470. The highest BCUT2D eigenvalue weighted by molar-refractivity contribution is 7.09. The minimum atomic E-state index is -0.410. The first-order valence-electron chi connectivity index (χ1n) is 6.08. The zero-order valence-corrected chi connectivity index (χ0v) is 10.9. The topological polar surface area (TPSA) is 53.4 Å². The average molecular weight is 263 g/mol. The van der Waals surface area contributed by atoms with E-state index in [0.717, 1.165) is 16.3 Å². The van der Waals surface area contributed by atoms with Gasteiger partial charge in [0, 0.05) is 24.0 Å². The monoisotopic (exact) mass is 263 g/mol. The lowest BCUT2D eigenvalue weighted by Crippen LogP contribution is -2.10. The van der Waals surface area contributed by atoms with Gasteiger partial charge in [-0.3, -0.25) is 0 Å². The first-order valence-corrected chi connectivity index (χ1v) is 6.96. The van der Waals surface area contributed by atoms with Gasteiger partial charge in [0.15, 0.2) is 0 Å². The highest BCUT2D eigenvalue weighted by Gasteiger charge is 2.09. The molecule has 18 heavy (non-hydrogen) atoms. The van der Waals surface area contributed by atoms with Crippen LogP contribution in [0.2, 0.25) is 0 Å². The Balaban J connectivity index is 1.98. The van der Waals surface area contributed by atoms with Gasteiger partial charge in [0.1, 0.15) is 0 Å². The van der Waals surface area contributed by atoms with Crippen LogP contribution >= 0.6 is 11.3 Å². The van der Waals surface area contributed by atoms with Gasteiger partial charge in [-0.2, -0.15) is 0 Å². The third-order valence-corrected chi connectivity index (χ3v) is 3.60. The van der Waals surface area contributed by atoms with Gasteiger partial charge in [-0.25, -0.2) is 4.98 Å². The van der Waals surface area contributed by atoms with Gasteiger partial charge in [-0.1, -0.05) is 30.3 Å². The number of aromatic nitrogens is 1. The van der Waals surface area contributed by atoms with Crippen molar-refractivity contribution in [3.05, 3.63) is 40.7 Å². The highest BCUT2D eigenvalue weighted by atomic mass is 32.1. The summed E-state index contributed by atoms with van der Waals surface area (Å²) in [4.78, 5) is 4.52. The van der Waals surface area contributed by atoms with Gasteiger partial charge in [0.05, 0.1) is 16.8 Å². The van der Waals surface area contributed by atoms with E-state index in [1.54, 1.807) is 11.3 Å². The normalized spacial score (nSPS) is 12.6. The SMILES string of the molecule is OCCCC(O)Cc1nc(-c2ccccc2)cs1. The van der Waals surface area contributed by atoms with E-state index in [1.807, 2.05) is 35.7 Å². The van der Waals surface area contributed by atoms with Gasteiger partial charge in [-0.15, -0.1) is 11.3 Å². The van der Waals surface area contributed by atoms with Crippen LogP contribution < -0.4 is 0 Å². The number of benzene rings is 1. The van der Waals surface area contributed by atoms with Crippen molar-refractivity contribution < 1.29 is 10.2 Å². The number of hydrogen-bond donors (Lipinski definition) is 2. The molecule has 2 rings (SSSR count). The zero-order chi connectivity index (χ0) is 12.8. The number of thiazole rings is 1. The number of aliphatic hydroxyl groups excluding tert-OH is 2. The van der Waals surface area contributed by atoms with Crippen LogP contribution in [-0.4, -0.2) is 27.9 Å². The third kappa shape index (κ3) is 3.63. The van der Waals surface area contributed by atoms with Crippen molar-refractivity contribution in [1.29, 1.82) is 0 Å². The Morgan fingerprint density at radius 1 is 1.22 bits per heavy atom. The molecular weight excluding hydrogens is 246 g/mol. The van der Waals surface area contributed by atoms with Crippen LogP contribution in [0.1, 0.15) is 17.8 Å². The van der Waals surface area contributed by atoms with Gasteiger partial charge in [0.25, 0.3) is 0 Å². The lowest BCUT2D eigenvalue weighted by atomic mass is 10.1. The molecule has 0 fully saturated rings. The zero-order valence-electron chi connectivity index (χ0n) is 10.1. The van der Waals surface area contributed by atoms with Gasteiger partial charge >= 0.3 is 0 Å². The summed E-state index contributed by atoms with van der Waals surface area (Å²) in [5.41, 5.74) is 2.06. The van der Waals surface area contributed by atoms with Crippen molar-refractivity contribution in [2.75, 3.05) is 6.61 Å². The van der Waals surface area contributed by atoms with Gasteiger partial charge < -0.3 is 10.2 Å². The molecule has 0 aliphatic heterocycles. The van der Waals surface area contributed by atoms with Crippen molar-refractivity contribution >= 4 is 11.3 Å². The Kier molecular flexibility index (Phi) is 4.87. The Hall–Kier alpha value is -1.23. The molecule has 0 aliphatic carbocycles. The van der Waals surface area contributed by atoms with Crippen molar-refractivity contribution in [2.45, 2.75) is 25.4 Å². The molecule has 3 nitrogen and oxygen atoms in total. The first kappa shape index (κ1) is 13.2. The number of rotatable bonds is 6. The number of hydrogen-bond acceptors (Lipinski definition) is 4. The maximum absolute atomic E-state index is 9.77. The summed E-state index contributed by atoms with van der Waals surface area (Å²) in [5.74, 6) is 0. The van der Waals surface area contributed by atoms with Crippen molar-refractivity contribution in [3.63, 3.8) is 0 Å². The summed E-state index contributed by atoms with van der Waals surface area (Å²) >= 11 is 1.57. The summed E-state index contributed by atoms with van der Waals surface area (Å²) in [7, 11) is 0. The maximum atomic E-state index is 9.77. The molecular formula is C14H17NO2S. The maximum Gasteiger partial charge on any atom is 0.0958 e. The Morgan fingerprint density at radius 3 is 2.72 bits per heavy atom. The average Bonchev–Trinajstić information content (AvgIpc) is 2.86. The molecule has 96 valence electrons. The van der Waals surface area contributed by atoms with Crippen molar-refractivity contribution in [3.8, 4) is 11.3 Å². The summed E-state index contributed by atoms with van der Waals surface area (Å²) in [6.07, 6.45) is 1.42. The molecule has 0 spiro atoms. The molecule has 0 bridgehead atoms. The molecule has 4 heteroatoms. The van der Waals surface area contributed by atoms with Crippen molar-refractivity contribution in [2.24, 2.45) is 0 Å². The fourth-order valence-electron chi connectivity index (χ4n) is 1.78. The van der Waals surface area contributed by atoms with Crippen molar-refractivity contribution in [1.82, 2.24) is 4.98 Å². The second-order valence-electron chi connectivity index (χ2n) is 4.22.